The number of rotatable bonds is 1. The summed E-state index contributed by atoms with van der Waals surface area (Å²) < 4.78 is 7.40. The van der Waals surface area contributed by atoms with Gasteiger partial charge in [0.15, 0.2) is 12.4 Å². The number of hydrogen-bond donors (Lipinski definition) is 1. The van der Waals surface area contributed by atoms with Gasteiger partial charge in [-0.15, -0.1) is 0 Å². The molecule has 4 heteroatoms. The molecular weight excluding hydrogens is 354 g/mol. The fourth-order valence-corrected chi connectivity index (χ4v) is 3.01. The van der Waals surface area contributed by atoms with Crippen molar-refractivity contribution in [3.8, 4) is 11.5 Å². The molecule has 0 radical (unpaired) electrons. The van der Waals surface area contributed by atoms with Crippen LogP contribution in [0.25, 0.3) is 27.1 Å². The van der Waals surface area contributed by atoms with E-state index in [4.69, 9.17) is 4.74 Å². The first-order valence-corrected chi connectivity index (χ1v) is 7.21. The van der Waals surface area contributed by atoms with E-state index in [2.05, 4.69) is 31.2 Å². The Kier molecular flexibility index (Phi) is 3.86. The summed E-state index contributed by atoms with van der Waals surface area (Å²) in [5.41, 5.74) is 2.24. The quantitative estimate of drug-likeness (QED) is 0.305. The smallest absolute Gasteiger partial charge is 0.219 e. The number of aryl methyl sites for hydroxylation is 1. The van der Waals surface area contributed by atoms with Crippen LogP contribution in [0.4, 0.5) is 0 Å². The van der Waals surface area contributed by atoms with E-state index in [0.29, 0.717) is 5.75 Å². The number of pyridine rings is 2. The van der Waals surface area contributed by atoms with Gasteiger partial charge in [0.2, 0.25) is 5.52 Å². The SMILES string of the molecule is COc1ccc2cc[n+]3cc4c(O)ccc(C)c4cc3c2c1.[Br-]. The third-order valence-electron chi connectivity index (χ3n) is 4.26. The largest absolute Gasteiger partial charge is 1.00 e. The third-order valence-corrected chi connectivity index (χ3v) is 4.26. The van der Waals surface area contributed by atoms with Gasteiger partial charge in [-0.25, -0.2) is 0 Å². The van der Waals surface area contributed by atoms with Crippen LogP contribution in [0.5, 0.6) is 11.5 Å². The maximum Gasteiger partial charge on any atom is 0.219 e. The summed E-state index contributed by atoms with van der Waals surface area (Å²) in [6.07, 6.45) is 4.00. The summed E-state index contributed by atoms with van der Waals surface area (Å²) in [5.74, 6) is 1.15. The summed E-state index contributed by atoms with van der Waals surface area (Å²) in [7, 11) is 1.68. The van der Waals surface area contributed by atoms with Gasteiger partial charge < -0.3 is 26.8 Å². The molecule has 2 aromatic carbocycles. The first kappa shape index (κ1) is 15.6. The van der Waals surface area contributed by atoms with Crippen LogP contribution in [0, 0.1) is 6.92 Å². The molecule has 0 aliphatic heterocycles. The second kappa shape index (κ2) is 5.70. The van der Waals surface area contributed by atoms with E-state index in [0.717, 1.165) is 38.4 Å². The van der Waals surface area contributed by atoms with Gasteiger partial charge in [0.05, 0.1) is 17.9 Å². The van der Waals surface area contributed by atoms with Crippen molar-refractivity contribution in [3.63, 3.8) is 0 Å². The molecule has 4 rings (SSSR count). The average Bonchev–Trinajstić information content (AvgIpc) is 2.56. The Balaban J connectivity index is 0.00000156. The molecule has 0 atom stereocenters. The number of ether oxygens (including phenoxy) is 1. The lowest BCUT2D eigenvalue weighted by molar-refractivity contribution is -0.509. The average molecular weight is 370 g/mol. The number of methoxy groups -OCH3 is 1. The maximum atomic E-state index is 10.1. The highest BCUT2D eigenvalue weighted by Crippen LogP contribution is 2.29. The van der Waals surface area contributed by atoms with E-state index in [1.54, 1.807) is 13.2 Å². The van der Waals surface area contributed by atoms with Crippen molar-refractivity contribution in [2.75, 3.05) is 7.11 Å². The number of phenols is 1. The van der Waals surface area contributed by atoms with E-state index < -0.39 is 0 Å². The minimum Gasteiger partial charge on any atom is -1.00 e. The van der Waals surface area contributed by atoms with Gasteiger partial charge in [0.1, 0.15) is 11.5 Å². The van der Waals surface area contributed by atoms with Crippen molar-refractivity contribution in [1.82, 2.24) is 0 Å². The molecule has 1 N–H and O–H groups in total. The lowest BCUT2D eigenvalue weighted by Gasteiger charge is -2.06. The minimum atomic E-state index is 0. The van der Waals surface area contributed by atoms with Crippen LogP contribution < -0.4 is 26.1 Å². The van der Waals surface area contributed by atoms with Gasteiger partial charge in [0, 0.05) is 17.5 Å². The van der Waals surface area contributed by atoms with Crippen LogP contribution in [-0.4, -0.2) is 12.2 Å². The number of benzene rings is 2. The zero-order chi connectivity index (χ0) is 15.3. The Morgan fingerprint density at radius 2 is 1.78 bits per heavy atom. The molecule has 23 heavy (non-hydrogen) atoms. The summed E-state index contributed by atoms with van der Waals surface area (Å²) in [5, 5.41) is 14.3. The molecule has 0 amide bonds. The predicted octanol–water partition coefficient (Wildman–Crippen LogP) is 0.758. The molecule has 2 heterocycles. The molecule has 0 saturated carbocycles. The van der Waals surface area contributed by atoms with Crippen LogP contribution in [0.3, 0.4) is 0 Å². The Bertz CT molecular complexity index is 1040. The molecule has 3 nitrogen and oxygen atoms in total. The first-order chi connectivity index (χ1) is 10.7. The minimum absolute atomic E-state index is 0. The molecule has 0 spiro atoms. The molecule has 0 fully saturated rings. The van der Waals surface area contributed by atoms with Gasteiger partial charge >= 0.3 is 0 Å². The van der Waals surface area contributed by atoms with E-state index in [9.17, 15) is 5.11 Å². The molecular formula is C19H16BrNO2. The second-order valence-corrected chi connectivity index (χ2v) is 5.56. The van der Waals surface area contributed by atoms with E-state index in [1.807, 2.05) is 28.9 Å². The number of hydrogen-bond acceptors (Lipinski definition) is 2. The van der Waals surface area contributed by atoms with Crippen molar-refractivity contribution < 1.29 is 31.2 Å². The van der Waals surface area contributed by atoms with Gasteiger partial charge in [-0.05, 0) is 36.1 Å². The molecule has 0 bridgehead atoms. The first-order valence-electron chi connectivity index (χ1n) is 7.21. The molecule has 0 aliphatic carbocycles. The van der Waals surface area contributed by atoms with Crippen LogP contribution in [0.1, 0.15) is 5.56 Å². The lowest BCUT2D eigenvalue weighted by atomic mass is 10.0. The van der Waals surface area contributed by atoms with Crippen molar-refractivity contribution >= 4 is 27.1 Å². The number of nitrogens with zero attached hydrogens (tertiary/aromatic N) is 1. The van der Waals surface area contributed by atoms with Crippen molar-refractivity contribution in [1.29, 1.82) is 0 Å². The standard InChI is InChI=1S/C19H15NO2.BrH/c1-12-3-6-19(21)17-11-20-8-7-13-4-5-14(22-2)9-16(13)18(20)10-15(12)17;/h3-11H,1-2H3;1H. The topological polar surface area (TPSA) is 33.6 Å². The predicted molar refractivity (Wildman–Crippen MR) is 87.6 cm³/mol. The van der Waals surface area contributed by atoms with E-state index in [-0.39, 0.29) is 17.0 Å². The van der Waals surface area contributed by atoms with E-state index in [1.165, 1.54) is 0 Å². The fourth-order valence-electron chi connectivity index (χ4n) is 3.01. The van der Waals surface area contributed by atoms with Crippen LogP contribution in [0.2, 0.25) is 0 Å². The Labute approximate surface area is 144 Å². The number of fused-ring (bicyclic) bond motifs is 4. The number of phenolic OH excluding ortho intramolecular Hbond substituents is 1. The van der Waals surface area contributed by atoms with Crippen LogP contribution >= 0.6 is 0 Å². The molecule has 0 saturated heterocycles. The van der Waals surface area contributed by atoms with Crippen molar-refractivity contribution in [2.24, 2.45) is 0 Å². The van der Waals surface area contributed by atoms with Crippen LogP contribution in [-0.2, 0) is 0 Å². The number of halogens is 1. The van der Waals surface area contributed by atoms with Crippen molar-refractivity contribution in [3.05, 3.63) is 60.4 Å². The zero-order valence-electron chi connectivity index (χ0n) is 12.9. The van der Waals surface area contributed by atoms with Gasteiger partial charge in [-0.2, -0.15) is 4.40 Å². The third kappa shape index (κ3) is 2.39. The zero-order valence-corrected chi connectivity index (χ0v) is 14.5. The van der Waals surface area contributed by atoms with Gasteiger partial charge in [0.25, 0.3) is 0 Å². The summed E-state index contributed by atoms with van der Waals surface area (Å²) in [6.45, 7) is 2.06. The lowest BCUT2D eigenvalue weighted by Crippen LogP contribution is -3.00. The Hall–Kier alpha value is -2.33. The molecule has 0 aliphatic rings. The summed E-state index contributed by atoms with van der Waals surface area (Å²) in [6, 6.07) is 14.0. The molecule has 116 valence electrons. The second-order valence-electron chi connectivity index (χ2n) is 5.56. The van der Waals surface area contributed by atoms with Gasteiger partial charge in [-0.1, -0.05) is 12.1 Å². The number of aromatic nitrogens is 1. The van der Waals surface area contributed by atoms with Gasteiger partial charge in [-0.3, -0.25) is 0 Å². The maximum absolute atomic E-state index is 10.1. The Morgan fingerprint density at radius 3 is 2.57 bits per heavy atom. The normalized spacial score (nSPS) is 10.9. The molecule has 2 aromatic heterocycles. The Morgan fingerprint density at radius 1 is 0.957 bits per heavy atom. The molecule has 4 aromatic rings. The fraction of sp³-hybridized carbons (Fsp3) is 0.105. The highest BCUT2D eigenvalue weighted by Gasteiger charge is 2.13. The van der Waals surface area contributed by atoms with Crippen molar-refractivity contribution in [2.45, 2.75) is 6.92 Å². The van der Waals surface area contributed by atoms with E-state index >= 15 is 0 Å². The highest BCUT2D eigenvalue weighted by atomic mass is 79.9. The number of aromatic hydroxyl groups is 1. The monoisotopic (exact) mass is 369 g/mol. The molecule has 0 unspecified atom stereocenters. The highest BCUT2D eigenvalue weighted by molar-refractivity contribution is 5.99. The summed E-state index contributed by atoms with van der Waals surface area (Å²) in [4.78, 5) is 0. The summed E-state index contributed by atoms with van der Waals surface area (Å²) >= 11 is 0. The van der Waals surface area contributed by atoms with Crippen LogP contribution in [0.15, 0.2) is 54.9 Å².